The van der Waals surface area contributed by atoms with Crippen LogP contribution in [0.5, 0.6) is 0 Å². The van der Waals surface area contributed by atoms with E-state index >= 15 is 0 Å². The fraction of sp³-hybridized carbons (Fsp3) is 0.222. The van der Waals surface area contributed by atoms with Crippen LogP contribution in [0.25, 0.3) is 10.6 Å². The van der Waals surface area contributed by atoms with Crippen molar-refractivity contribution in [3.8, 4) is 10.6 Å². The van der Waals surface area contributed by atoms with Gasteiger partial charge < -0.3 is 10.6 Å². The van der Waals surface area contributed by atoms with Gasteiger partial charge in [-0.3, -0.25) is 4.79 Å². The molecule has 128 valence electrons. The van der Waals surface area contributed by atoms with Crippen LogP contribution in [0.4, 0.5) is 17.3 Å². The van der Waals surface area contributed by atoms with E-state index in [1.165, 1.54) is 6.92 Å². The number of rotatable bonds is 4. The Bertz CT molecular complexity index is 935. The van der Waals surface area contributed by atoms with Crippen molar-refractivity contribution in [2.24, 2.45) is 0 Å². The molecule has 0 atom stereocenters. The van der Waals surface area contributed by atoms with Crippen molar-refractivity contribution in [3.63, 3.8) is 0 Å². The number of amides is 1. The molecule has 25 heavy (non-hydrogen) atoms. The topological polar surface area (TPSA) is 79.8 Å². The summed E-state index contributed by atoms with van der Waals surface area (Å²) in [5.74, 6) is 0.398. The highest BCUT2D eigenvalue weighted by Crippen LogP contribution is 2.29. The molecule has 0 unspecified atom stereocenters. The average molecular weight is 353 g/mol. The minimum atomic E-state index is -0.102. The Morgan fingerprint density at radius 3 is 2.60 bits per heavy atom. The van der Waals surface area contributed by atoms with E-state index in [1.54, 1.807) is 17.5 Å². The van der Waals surface area contributed by atoms with Gasteiger partial charge in [-0.2, -0.15) is 0 Å². The third-order valence-corrected chi connectivity index (χ3v) is 4.69. The molecular formula is C18H19N5OS. The van der Waals surface area contributed by atoms with Gasteiger partial charge in [0.25, 0.3) is 0 Å². The Morgan fingerprint density at radius 1 is 1.12 bits per heavy atom. The zero-order chi connectivity index (χ0) is 18.0. The van der Waals surface area contributed by atoms with Crippen LogP contribution in [0.1, 0.15) is 23.2 Å². The number of carbonyl (C=O) groups excluding carboxylic acids is 1. The van der Waals surface area contributed by atoms with Crippen LogP contribution in [-0.4, -0.2) is 20.9 Å². The maximum absolute atomic E-state index is 11.3. The molecule has 0 aliphatic heterocycles. The zero-order valence-corrected chi connectivity index (χ0v) is 15.4. The summed E-state index contributed by atoms with van der Waals surface area (Å²) in [6.07, 6.45) is 1.72. The van der Waals surface area contributed by atoms with Gasteiger partial charge >= 0.3 is 0 Å². The van der Waals surface area contributed by atoms with Gasteiger partial charge in [-0.15, -0.1) is 11.3 Å². The molecule has 0 spiro atoms. The molecule has 3 aromatic rings. The highest BCUT2D eigenvalue weighted by molar-refractivity contribution is 7.15. The van der Waals surface area contributed by atoms with E-state index in [2.05, 4.69) is 25.6 Å². The molecule has 0 radical (unpaired) electrons. The molecule has 3 rings (SSSR count). The summed E-state index contributed by atoms with van der Waals surface area (Å²) in [4.78, 5) is 25.7. The van der Waals surface area contributed by atoms with Crippen LogP contribution in [-0.2, 0) is 4.79 Å². The highest BCUT2D eigenvalue weighted by atomic mass is 32.1. The molecule has 2 N–H and O–H groups in total. The lowest BCUT2D eigenvalue weighted by molar-refractivity contribution is -0.114. The number of nitrogens with one attached hydrogen (secondary N) is 2. The maximum Gasteiger partial charge on any atom is 0.227 e. The predicted octanol–water partition coefficient (Wildman–Crippen LogP) is 4.23. The number of carbonyl (C=O) groups is 1. The number of aryl methyl sites for hydroxylation is 3. The fourth-order valence-corrected chi connectivity index (χ4v) is 3.36. The van der Waals surface area contributed by atoms with Gasteiger partial charge in [-0.25, -0.2) is 15.0 Å². The minimum Gasteiger partial charge on any atom is -0.326 e. The lowest BCUT2D eigenvalue weighted by Crippen LogP contribution is -2.07. The summed E-state index contributed by atoms with van der Waals surface area (Å²) < 4.78 is 0. The normalized spacial score (nSPS) is 10.6. The lowest BCUT2D eigenvalue weighted by atomic mass is 10.2. The first-order valence-corrected chi connectivity index (χ1v) is 8.67. The quantitative estimate of drug-likeness (QED) is 0.734. The third kappa shape index (κ3) is 4.00. The Balaban J connectivity index is 1.88. The molecule has 2 aromatic heterocycles. The average Bonchev–Trinajstić information content (AvgIpc) is 2.89. The van der Waals surface area contributed by atoms with Crippen molar-refractivity contribution in [1.29, 1.82) is 0 Å². The standard InChI is InChI=1S/C18H19N5OS/c1-10-5-6-14(9-16(10)21-12(3)24)22-18-19-8-7-15(23-18)17-11(2)20-13(4)25-17/h5-9H,1-4H3,(H,21,24)(H,19,22,23). The first-order chi connectivity index (χ1) is 11.9. The lowest BCUT2D eigenvalue weighted by Gasteiger charge is -2.11. The predicted molar refractivity (Wildman–Crippen MR) is 101 cm³/mol. The van der Waals surface area contributed by atoms with Gasteiger partial charge in [0.1, 0.15) is 0 Å². The number of anilines is 3. The molecule has 6 nitrogen and oxygen atoms in total. The van der Waals surface area contributed by atoms with Gasteiger partial charge in [0.05, 0.1) is 21.3 Å². The molecule has 0 saturated heterocycles. The first-order valence-electron chi connectivity index (χ1n) is 7.85. The van der Waals surface area contributed by atoms with Crippen molar-refractivity contribution in [2.75, 3.05) is 10.6 Å². The number of hydrogen-bond acceptors (Lipinski definition) is 6. The summed E-state index contributed by atoms with van der Waals surface area (Å²) in [6, 6.07) is 7.62. The number of benzene rings is 1. The Labute approximate surface area is 150 Å². The molecule has 1 aromatic carbocycles. The third-order valence-electron chi connectivity index (χ3n) is 3.60. The van der Waals surface area contributed by atoms with Crippen molar-refractivity contribution in [3.05, 3.63) is 46.7 Å². The SMILES string of the molecule is CC(=O)Nc1cc(Nc2nccc(-c3sc(C)nc3C)n2)ccc1C. The van der Waals surface area contributed by atoms with Crippen LogP contribution >= 0.6 is 11.3 Å². The van der Waals surface area contributed by atoms with E-state index in [9.17, 15) is 4.79 Å². The molecule has 0 bridgehead atoms. The molecule has 1 amide bonds. The van der Waals surface area contributed by atoms with Crippen LogP contribution < -0.4 is 10.6 Å². The van der Waals surface area contributed by atoms with E-state index < -0.39 is 0 Å². The van der Waals surface area contributed by atoms with Gasteiger partial charge in [-0.1, -0.05) is 6.07 Å². The Hall–Kier alpha value is -2.80. The Morgan fingerprint density at radius 2 is 1.92 bits per heavy atom. The number of thiazole rings is 1. The van der Waals surface area contributed by atoms with E-state index in [4.69, 9.17) is 0 Å². The number of aromatic nitrogens is 3. The van der Waals surface area contributed by atoms with E-state index in [-0.39, 0.29) is 5.91 Å². The van der Waals surface area contributed by atoms with Gasteiger partial charge in [0.15, 0.2) is 0 Å². The van der Waals surface area contributed by atoms with Crippen molar-refractivity contribution >= 4 is 34.6 Å². The molecule has 0 aliphatic rings. The molecule has 2 heterocycles. The van der Waals surface area contributed by atoms with Crippen LogP contribution in [0.3, 0.4) is 0 Å². The zero-order valence-electron chi connectivity index (χ0n) is 14.5. The van der Waals surface area contributed by atoms with Crippen LogP contribution in [0.2, 0.25) is 0 Å². The van der Waals surface area contributed by atoms with Gasteiger partial charge in [-0.05, 0) is 44.5 Å². The van der Waals surface area contributed by atoms with Gasteiger partial charge in [0, 0.05) is 24.5 Å². The summed E-state index contributed by atoms with van der Waals surface area (Å²) in [6.45, 7) is 7.40. The molecule has 0 saturated carbocycles. The first kappa shape index (κ1) is 17.0. The minimum absolute atomic E-state index is 0.102. The fourth-order valence-electron chi connectivity index (χ4n) is 2.47. The van der Waals surface area contributed by atoms with Crippen molar-refractivity contribution in [2.45, 2.75) is 27.7 Å². The maximum atomic E-state index is 11.3. The Kier molecular flexibility index (Phi) is 4.76. The second kappa shape index (κ2) is 6.98. The molecule has 0 fully saturated rings. The summed E-state index contributed by atoms with van der Waals surface area (Å²) >= 11 is 1.62. The van der Waals surface area contributed by atoms with E-state index in [0.717, 1.165) is 38.2 Å². The van der Waals surface area contributed by atoms with E-state index in [1.807, 2.05) is 45.0 Å². The second-order valence-electron chi connectivity index (χ2n) is 5.75. The smallest absolute Gasteiger partial charge is 0.227 e. The monoisotopic (exact) mass is 353 g/mol. The van der Waals surface area contributed by atoms with Crippen LogP contribution in [0.15, 0.2) is 30.5 Å². The second-order valence-corrected chi connectivity index (χ2v) is 6.95. The summed E-state index contributed by atoms with van der Waals surface area (Å²) in [5.41, 5.74) is 4.38. The van der Waals surface area contributed by atoms with Crippen molar-refractivity contribution in [1.82, 2.24) is 15.0 Å². The number of hydrogen-bond donors (Lipinski definition) is 2. The van der Waals surface area contributed by atoms with Crippen LogP contribution in [0, 0.1) is 20.8 Å². The summed E-state index contributed by atoms with van der Waals surface area (Å²) in [7, 11) is 0. The number of nitrogens with zero attached hydrogens (tertiary/aromatic N) is 3. The molecule has 7 heteroatoms. The van der Waals surface area contributed by atoms with E-state index in [0.29, 0.717) is 5.95 Å². The molecular weight excluding hydrogens is 334 g/mol. The largest absolute Gasteiger partial charge is 0.326 e. The highest BCUT2D eigenvalue weighted by Gasteiger charge is 2.10. The summed E-state index contributed by atoms with van der Waals surface area (Å²) in [5, 5.41) is 7.03. The van der Waals surface area contributed by atoms with Gasteiger partial charge in [0.2, 0.25) is 11.9 Å². The van der Waals surface area contributed by atoms with Crippen molar-refractivity contribution < 1.29 is 4.79 Å². The molecule has 0 aliphatic carbocycles.